The number of benzene rings is 1. The van der Waals surface area contributed by atoms with Gasteiger partial charge in [-0.15, -0.1) is 0 Å². The fourth-order valence-corrected chi connectivity index (χ4v) is 1.83. The third-order valence-electron chi connectivity index (χ3n) is 2.41. The standard InChI is InChI=1S/C12H18BrNO/c1-5-9-6-7-11(15-4)10(8-9)12(13)14(2)3/h6-8,12H,5H2,1-4H3. The fraction of sp³-hybridized carbons (Fsp3) is 0.500. The molecule has 0 spiro atoms. The van der Waals surface area contributed by atoms with E-state index in [0.717, 1.165) is 12.2 Å². The summed E-state index contributed by atoms with van der Waals surface area (Å²) in [7, 11) is 5.79. The molecule has 0 amide bonds. The van der Waals surface area contributed by atoms with Gasteiger partial charge in [-0.2, -0.15) is 0 Å². The summed E-state index contributed by atoms with van der Waals surface area (Å²) in [5, 5.41) is 0. The van der Waals surface area contributed by atoms with Crippen LogP contribution in [-0.2, 0) is 6.42 Å². The monoisotopic (exact) mass is 271 g/mol. The van der Waals surface area contributed by atoms with Crippen LogP contribution in [0.15, 0.2) is 18.2 Å². The Bertz CT molecular complexity index is 325. The van der Waals surface area contributed by atoms with E-state index in [1.807, 2.05) is 20.2 Å². The van der Waals surface area contributed by atoms with Gasteiger partial charge in [0.2, 0.25) is 0 Å². The summed E-state index contributed by atoms with van der Waals surface area (Å²) < 4.78 is 5.36. The zero-order chi connectivity index (χ0) is 11.4. The van der Waals surface area contributed by atoms with Gasteiger partial charge in [0, 0.05) is 5.56 Å². The van der Waals surface area contributed by atoms with E-state index in [2.05, 4.69) is 39.9 Å². The minimum atomic E-state index is 0.193. The van der Waals surface area contributed by atoms with Crippen molar-refractivity contribution in [3.63, 3.8) is 0 Å². The Morgan fingerprint density at radius 3 is 2.53 bits per heavy atom. The molecule has 0 bridgehead atoms. The first kappa shape index (κ1) is 12.5. The van der Waals surface area contributed by atoms with E-state index in [1.54, 1.807) is 7.11 Å². The summed E-state index contributed by atoms with van der Waals surface area (Å²) >= 11 is 3.65. The van der Waals surface area contributed by atoms with Crippen LogP contribution in [0.2, 0.25) is 0 Å². The molecule has 15 heavy (non-hydrogen) atoms. The minimum Gasteiger partial charge on any atom is -0.496 e. The summed E-state index contributed by atoms with van der Waals surface area (Å²) in [6, 6.07) is 6.34. The van der Waals surface area contributed by atoms with Crippen molar-refractivity contribution in [2.45, 2.75) is 18.3 Å². The van der Waals surface area contributed by atoms with Gasteiger partial charge in [-0.05, 0) is 38.2 Å². The van der Waals surface area contributed by atoms with Crippen LogP contribution in [0.3, 0.4) is 0 Å². The van der Waals surface area contributed by atoms with Gasteiger partial charge >= 0.3 is 0 Å². The first-order chi connectivity index (χ1) is 7.10. The molecule has 0 N–H and O–H groups in total. The maximum Gasteiger partial charge on any atom is 0.124 e. The molecule has 1 atom stereocenters. The molecule has 84 valence electrons. The molecule has 0 aromatic heterocycles. The van der Waals surface area contributed by atoms with Gasteiger partial charge in [-0.25, -0.2) is 0 Å². The third-order valence-corrected chi connectivity index (χ3v) is 3.72. The van der Waals surface area contributed by atoms with E-state index in [0.29, 0.717) is 0 Å². The lowest BCUT2D eigenvalue weighted by Crippen LogP contribution is -2.15. The molecule has 0 saturated heterocycles. The fourth-order valence-electron chi connectivity index (χ4n) is 1.47. The van der Waals surface area contributed by atoms with E-state index >= 15 is 0 Å². The molecule has 1 aromatic carbocycles. The van der Waals surface area contributed by atoms with Crippen LogP contribution in [0.5, 0.6) is 5.75 Å². The van der Waals surface area contributed by atoms with Gasteiger partial charge in [0.05, 0.1) is 12.1 Å². The Morgan fingerprint density at radius 2 is 2.07 bits per heavy atom. The molecular formula is C12H18BrNO. The molecule has 0 fully saturated rings. The second-order valence-electron chi connectivity index (χ2n) is 3.73. The van der Waals surface area contributed by atoms with Gasteiger partial charge in [-0.1, -0.05) is 28.9 Å². The van der Waals surface area contributed by atoms with Crippen LogP contribution in [0.25, 0.3) is 0 Å². The Kier molecular flexibility index (Phi) is 4.61. The van der Waals surface area contributed by atoms with Crippen LogP contribution >= 0.6 is 15.9 Å². The topological polar surface area (TPSA) is 12.5 Å². The van der Waals surface area contributed by atoms with Gasteiger partial charge in [0.15, 0.2) is 0 Å². The van der Waals surface area contributed by atoms with Gasteiger partial charge in [-0.3, -0.25) is 4.90 Å². The summed E-state index contributed by atoms with van der Waals surface area (Å²) in [4.78, 5) is 2.30. The Hall–Kier alpha value is -0.540. The maximum atomic E-state index is 5.36. The molecule has 0 saturated carbocycles. The minimum absolute atomic E-state index is 0.193. The molecule has 2 nitrogen and oxygen atoms in total. The van der Waals surface area contributed by atoms with Crippen LogP contribution in [0.4, 0.5) is 0 Å². The summed E-state index contributed by atoms with van der Waals surface area (Å²) in [5.74, 6) is 0.933. The summed E-state index contributed by atoms with van der Waals surface area (Å²) in [5.41, 5.74) is 2.51. The van der Waals surface area contributed by atoms with Crippen LogP contribution in [-0.4, -0.2) is 26.1 Å². The van der Waals surface area contributed by atoms with Gasteiger partial charge in [0.25, 0.3) is 0 Å². The van der Waals surface area contributed by atoms with Crippen molar-refractivity contribution in [3.8, 4) is 5.75 Å². The zero-order valence-electron chi connectivity index (χ0n) is 9.75. The molecule has 3 heteroatoms. The van der Waals surface area contributed by atoms with E-state index in [4.69, 9.17) is 4.74 Å². The SMILES string of the molecule is CCc1ccc(OC)c(C(Br)N(C)C)c1. The van der Waals surface area contributed by atoms with Crippen molar-refractivity contribution in [3.05, 3.63) is 29.3 Å². The molecule has 0 aliphatic heterocycles. The van der Waals surface area contributed by atoms with Crippen LogP contribution < -0.4 is 4.74 Å². The van der Waals surface area contributed by atoms with Crippen molar-refractivity contribution < 1.29 is 4.74 Å². The first-order valence-electron chi connectivity index (χ1n) is 5.07. The number of hydrogen-bond acceptors (Lipinski definition) is 2. The third kappa shape index (κ3) is 2.95. The lowest BCUT2D eigenvalue weighted by molar-refractivity contribution is 0.369. The smallest absolute Gasteiger partial charge is 0.124 e. The number of alkyl halides is 1. The zero-order valence-corrected chi connectivity index (χ0v) is 11.3. The van der Waals surface area contributed by atoms with Crippen LogP contribution in [0.1, 0.15) is 23.0 Å². The van der Waals surface area contributed by atoms with E-state index in [-0.39, 0.29) is 4.95 Å². The highest BCUT2D eigenvalue weighted by Crippen LogP contribution is 2.33. The quantitative estimate of drug-likeness (QED) is 0.616. The first-order valence-corrected chi connectivity index (χ1v) is 5.99. The predicted molar refractivity (Wildman–Crippen MR) is 67.7 cm³/mol. The average Bonchev–Trinajstić information content (AvgIpc) is 2.27. The average molecular weight is 272 g/mol. The number of aryl methyl sites for hydroxylation is 1. The highest BCUT2D eigenvalue weighted by molar-refractivity contribution is 9.09. The second-order valence-corrected chi connectivity index (χ2v) is 4.60. The van der Waals surface area contributed by atoms with E-state index < -0.39 is 0 Å². The molecule has 0 radical (unpaired) electrons. The molecule has 0 aliphatic carbocycles. The molecule has 1 aromatic rings. The molecule has 1 unspecified atom stereocenters. The maximum absolute atomic E-state index is 5.36. The molecule has 1 rings (SSSR count). The summed E-state index contributed by atoms with van der Waals surface area (Å²) in [6.45, 7) is 2.16. The lowest BCUT2D eigenvalue weighted by Gasteiger charge is -2.21. The molecule has 0 heterocycles. The largest absolute Gasteiger partial charge is 0.496 e. The van der Waals surface area contributed by atoms with E-state index in [1.165, 1.54) is 11.1 Å². The second kappa shape index (κ2) is 5.52. The van der Waals surface area contributed by atoms with Crippen molar-refractivity contribution in [1.82, 2.24) is 4.90 Å². The van der Waals surface area contributed by atoms with Crippen molar-refractivity contribution in [2.24, 2.45) is 0 Å². The van der Waals surface area contributed by atoms with Crippen molar-refractivity contribution in [1.29, 1.82) is 0 Å². The number of nitrogens with zero attached hydrogens (tertiary/aromatic N) is 1. The van der Waals surface area contributed by atoms with Crippen LogP contribution in [0, 0.1) is 0 Å². The van der Waals surface area contributed by atoms with Gasteiger partial charge < -0.3 is 4.74 Å². The van der Waals surface area contributed by atoms with E-state index in [9.17, 15) is 0 Å². The normalized spacial score (nSPS) is 12.9. The lowest BCUT2D eigenvalue weighted by atomic mass is 10.1. The van der Waals surface area contributed by atoms with Crippen molar-refractivity contribution >= 4 is 15.9 Å². The molecule has 0 aliphatic rings. The summed E-state index contributed by atoms with van der Waals surface area (Å²) in [6.07, 6.45) is 1.05. The van der Waals surface area contributed by atoms with Gasteiger partial charge in [0.1, 0.15) is 5.75 Å². The number of halogens is 1. The predicted octanol–water partition coefficient (Wildman–Crippen LogP) is 3.21. The Labute approximate surface area is 100 Å². The number of ether oxygens (including phenoxy) is 1. The van der Waals surface area contributed by atoms with Crippen molar-refractivity contribution in [2.75, 3.05) is 21.2 Å². The Balaban J connectivity index is 3.11. The number of methoxy groups -OCH3 is 1. The highest BCUT2D eigenvalue weighted by Gasteiger charge is 2.15. The number of hydrogen-bond donors (Lipinski definition) is 0. The highest BCUT2D eigenvalue weighted by atomic mass is 79.9. The molecular weight excluding hydrogens is 254 g/mol. The number of rotatable bonds is 4. The Morgan fingerprint density at radius 1 is 1.40 bits per heavy atom.